The van der Waals surface area contributed by atoms with E-state index in [0.29, 0.717) is 41.8 Å². The number of benzene rings is 2. The van der Waals surface area contributed by atoms with E-state index in [1.165, 1.54) is 7.11 Å². The van der Waals surface area contributed by atoms with Gasteiger partial charge in [-0.15, -0.1) is 0 Å². The molecule has 4 aliphatic heterocycles. The van der Waals surface area contributed by atoms with Crippen molar-refractivity contribution >= 4 is 17.5 Å². The van der Waals surface area contributed by atoms with Gasteiger partial charge in [0, 0.05) is 18.3 Å². The van der Waals surface area contributed by atoms with E-state index < -0.39 is 23.5 Å². The van der Waals surface area contributed by atoms with Crippen LogP contribution in [0.15, 0.2) is 48.6 Å². The van der Waals surface area contributed by atoms with Crippen LogP contribution in [0, 0.1) is 11.8 Å². The van der Waals surface area contributed by atoms with E-state index in [-0.39, 0.29) is 18.6 Å². The smallest absolute Gasteiger partial charge is 0.231 e. The summed E-state index contributed by atoms with van der Waals surface area (Å²) in [7, 11) is 3.09. The highest BCUT2D eigenvalue weighted by Gasteiger charge is 2.66. The Balaban J connectivity index is 1.21. The Labute approximate surface area is 196 Å². The molecule has 0 unspecified atom stereocenters. The zero-order valence-corrected chi connectivity index (χ0v) is 18.8. The molecule has 2 saturated heterocycles. The van der Waals surface area contributed by atoms with E-state index in [0.717, 1.165) is 5.56 Å². The summed E-state index contributed by atoms with van der Waals surface area (Å²) in [6, 6.07) is 10.8. The largest absolute Gasteiger partial charge is 0.493 e. The van der Waals surface area contributed by atoms with Gasteiger partial charge >= 0.3 is 0 Å². The van der Waals surface area contributed by atoms with Crippen molar-refractivity contribution in [1.82, 2.24) is 4.90 Å². The third kappa shape index (κ3) is 3.11. The molecule has 0 radical (unpaired) electrons. The highest BCUT2D eigenvalue weighted by Crippen LogP contribution is 2.52. The predicted molar refractivity (Wildman–Crippen MR) is 120 cm³/mol. The monoisotopic (exact) mass is 464 g/mol. The standard InChI is InChI=1S/C25H24N2O7/c1-30-16-6-4-15(10-19(16)31-2)26-23(28)21-18-7-8-25(34-18)12-27(24(29)22(21)25)11-14-3-5-17-20(9-14)33-13-32-17/h3-10,18,21-22H,11-13H2,1-2H3,(H,26,28)/t18-,21+,22-,25+/m1/s1. The topological polar surface area (TPSA) is 95.6 Å². The summed E-state index contributed by atoms with van der Waals surface area (Å²) in [6.07, 6.45) is 3.41. The molecule has 6 rings (SSSR count). The van der Waals surface area contributed by atoms with Crippen LogP contribution in [0.5, 0.6) is 23.0 Å². The van der Waals surface area contributed by atoms with Crippen LogP contribution in [0.2, 0.25) is 0 Å². The molecule has 2 amide bonds. The summed E-state index contributed by atoms with van der Waals surface area (Å²) >= 11 is 0. The van der Waals surface area contributed by atoms with Crippen LogP contribution >= 0.6 is 0 Å². The third-order valence-electron chi connectivity index (χ3n) is 6.94. The lowest BCUT2D eigenvalue weighted by atomic mass is 9.77. The van der Waals surface area contributed by atoms with Crippen molar-refractivity contribution < 1.29 is 33.3 Å². The van der Waals surface area contributed by atoms with Crippen molar-refractivity contribution in [3.8, 4) is 23.0 Å². The molecule has 1 spiro atoms. The molecule has 0 aromatic heterocycles. The number of carbonyl (C=O) groups excluding carboxylic acids is 2. The molecule has 2 fully saturated rings. The molecule has 1 N–H and O–H groups in total. The van der Waals surface area contributed by atoms with Crippen LogP contribution in [0.1, 0.15) is 5.56 Å². The van der Waals surface area contributed by atoms with Gasteiger partial charge in [-0.05, 0) is 29.8 Å². The number of amides is 2. The van der Waals surface area contributed by atoms with Crippen molar-refractivity contribution in [1.29, 1.82) is 0 Å². The maximum atomic E-state index is 13.5. The van der Waals surface area contributed by atoms with Crippen LogP contribution in [0.3, 0.4) is 0 Å². The van der Waals surface area contributed by atoms with Crippen molar-refractivity contribution in [2.45, 2.75) is 18.2 Å². The molecule has 176 valence electrons. The number of carbonyl (C=O) groups is 2. The molecule has 4 heterocycles. The number of anilines is 1. The lowest BCUT2D eigenvalue weighted by Crippen LogP contribution is -2.41. The van der Waals surface area contributed by atoms with E-state index in [1.807, 2.05) is 30.4 Å². The second-order valence-corrected chi connectivity index (χ2v) is 8.84. The molecule has 0 aliphatic carbocycles. The maximum Gasteiger partial charge on any atom is 0.231 e. The number of nitrogens with zero attached hydrogens (tertiary/aromatic N) is 1. The lowest BCUT2D eigenvalue weighted by molar-refractivity contribution is -0.136. The second kappa shape index (κ2) is 7.66. The van der Waals surface area contributed by atoms with E-state index in [4.69, 9.17) is 23.7 Å². The number of rotatable bonds is 6. The highest BCUT2D eigenvalue weighted by molar-refractivity contribution is 5.99. The first-order valence-corrected chi connectivity index (χ1v) is 11.1. The fourth-order valence-electron chi connectivity index (χ4n) is 5.41. The molecular weight excluding hydrogens is 440 g/mol. The molecular formula is C25H24N2O7. The first-order valence-electron chi connectivity index (χ1n) is 11.1. The van der Waals surface area contributed by atoms with Crippen LogP contribution in [0.25, 0.3) is 0 Å². The normalized spacial score (nSPS) is 27.8. The number of likely N-dealkylation sites (tertiary alicyclic amines) is 1. The minimum Gasteiger partial charge on any atom is -0.493 e. The molecule has 2 bridgehead atoms. The minimum absolute atomic E-state index is 0.0861. The van der Waals surface area contributed by atoms with Gasteiger partial charge in [0.05, 0.1) is 38.7 Å². The van der Waals surface area contributed by atoms with Gasteiger partial charge in [0.1, 0.15) is 5.60 Å². The van der Waals surface area contributed by atoms with Crippen molar-refractivity contribution in [3.63, 3.8) is 0 Å². The van der Waals surface area contributed by atoms with Crippen molar-refractivity contribution in [3.05, 3.63) is 54.1 Å². The molecule has 4 aliphatic rings. The van der Waals surface area contributed by atoms with E-state index in [9.17, 15) is 9.59 Å². The Hall–Kier alpha value is -3.72. The average molecular weight is 464 g/mol. The number of ether oxygens (including phenoxy) is 5. The minimum atomic E-state index is -0.780. The Morgan fingerprint density at radius 2 is 1.94 bits per heavy atom. The van der Waals surface area contributed by atoms with Gasteiger partial charge in [-0.25, -0.2) is 0 Å². The molecule has 0 saturated carbocycles. The molecule has 34 heavy (non-hydrogen) atoms. The Kier molecular flexibility index (Phi) is 4.70. The zero-order chi connectivity index (χ0) is 23.4. The summed E-state index contributed by atoms with van der Waals surface area (Å²) in [5.41, 5.74) is 0.711. The molecule has 4 atom stereocenters. The lowest BCUT2D eigenvalue weighted by Gasteiger charge is -2.23. The fraction of sp³-hybridized carbons (Fsp3) is 0.360. The summed E-state index contributed by atoms with van der Waals surface area (Å²) < 4.78 is 27.6. The average Bonchev–Trinajstić information content (AvgIpc) is 3.60. The van der Waals surface area contributed by atoms with Crippen molar-refractivity contribution in [2.75, 3.05) is 32.9 Å². The first kappa shape index (κ1) is 20.9. The van der Waals surface area contributed by atoms with E-state index in [2.05, 4.69) is 5.32 Å². The van der Waals surface area contributed by atoms with Crippen LogP contribution in [-0.4, -0.2) is 56.0 Å². The van der Waals surface area contributed by atoms with Gasteiger partial charge in [0.2, 0.25) is 18.6 Å². The zero-order valence-electron chi connectivity index (χ0n) is 18.8. The van der Waals surface area contributed by atoms with Gasteiger partial charge in [-0.3, -0.25) is 9.59 Å². The van der Waals surface area contributed by atoms with Gasteiger partial charge < -0.3 is 33.9 Å². The quantitative estimate of drug-likeness (QED) is 0.656. The summed E-state index contributed by atoms with van der Waals surface area (Å²) in [6.45, 7) is 1.00. The Morgan fingerprint density at radius 3 is 2.76 bits per heavy atom. The Morgan fingerprint density at radius 1 is 1.12 bits per heavy atom. The SMILES string of the molecule is COc1ccc(NC(=O)[C@H]2[C@H]3C=C[C@@]4(CN(Cc5ccc6c(c5)OCO6)C(=O)[C@@H]24)O3)cc1OC. The van der Waals surface area contributed by atoms with Gasteiger partial charge in [0.15, 0.2) is 23.0 Å². The van der Waals surface area contributed by atoms with Crippen LogP contribution in [0.4, 0.5) is 5.69 Å². The Bertz CT molecular complexity index is 1210. The van der Waals surface area contributed by atoms with Gasteiger partial charge in [-0.1, -0.05) is 18.2 Å². The molecule has 2 aromatic rings. The van der Waals surface area contributed by atoms with Crippen LogP contribution in [-0.2, 0) is 20.9 Å². The van der Waals surface area contributed by atoms with Crippen molar-refractivity contribution in [2.24, 2.45) is 11.8 Å². The highest BCUT2D eigenvalue weighted by atomic mass is 16.7. The summed E-state index contributed by atoms with van der Waals surface area (Å²) in [5, 5.41) is 2.93. The second-order valence-electron chi connectivity index (χ2n) is 8.84. The summed E-state index contributed by atoms with van der Waals surface area (Å²) in [4.78, 5) is 28.6. The third-order valence-corrected chi connectivity index (χ3v) is 6.94. The number of hydrogen-bond donors (Lipinski definition) is 1. The maximum absolute atomic E-state index is 13.5. The van der Waals surface area contributed by atoms with E-state index in [1.54, 1.807) is 30.2 Å². The number of hydrogen-bond acceptors (Lipinski definition) is 7. The van der Waals surface area contributed by atoms with E-state index >= 15 is 0 Å². The molecule has 2 aromatic carbocycles. The van der Waals surface area contributed by atoms with Crippen LogP contribution < -0.4 is 24.3 Å². The number of methoxy groups -OCH3 is 2. The molecule has 9 nitrogen and oxygen atoms in total. The van der Waals surface area contributed by atoms with Gasteiger partial charge in [-0.2, -0.15) is 0 Å². The number of nitrogens with one attached hydrogen (secondary N) is 1. The first-order chi connectivity index (χ1) is 16.5. The fourth-order valence-corrected chi connectivity index (χ4v) is 5.41. The molecule has 9 heteroatoms. The summed E-state index contributed by atoms with van der Waals surface area (Å²) in [5.74, 6) is 0.909. The number of fused-ring (bicyclic) bond motifs is 2. The predicted octanol–water partition coefficient (Wildman–Crippen LogP) is 2.35. The van der Waals surface area contributed by atoms with Gasteiger partial charge in [0.25, 0.3) is 0 Å².